The van der Waals surface area contributed by atoms with Gasteiger partial charge in [-0.2, -0.15) is 0 Å². The molecule has 0 spiro atoms. The lowest BCUT2D eigenvalue weighted by molar-refractivity contribution is 0.885. The van der Waals surface area contributed by atoms with E-state index in [0.29, 0.717) is 5.02 Å². The van der Waals surface area contributed by atoms with Crippen LogP contribution in [0.3, 0.4) is 0 Å². The van der Waals surface area contributed by atoms with Gasteiger partial charge in [0.2, 0.25) is 0 Å². The summed E-state index contributed by atoms with van der Waals surface area (Å²) in [5, 5.41) is 10.4. The number of halogens is 1. The summed E-state index contributed by atoms with van der Waals surface area (Å²) >= 11 is 7.64. The number of thioether (sulfide) groups is 1. The smallest absolute Gasteiger partial charge is 0.196 e. The molecule has 6 heteroatoms. The summed E-state index contributed by atoms with van der Waals surface area (Å²) in [7, 11) is 0. The van der Waals surface area contributed by atoms with Gasteiger partial charge < -0.3 is 0 Å². The van der Waals surface area contributed by atoms with Gasteiger partial charge in [0.25, 0.3) is 0 Å². The zero-order chi connectivity index (χ0) is 17.8. The number of nitrogens with zero attached hydrogens (tertiary/aromatic N) is 4. The van der Waals surface area contributed by atoms with Crippen molar-refractivity contribution in [1.82, 2.24) is 19.7 Å². The van der Waals surface area contributed by atoms with Gasteiger partial charge in [0, 0.05) is 28.2 Å². The van der Waals surface area contributed by atoms with Crippen LogP contribution in [0.2, 0.25) is 5.02 Å². The van der Waals surface area contributed by atoms with Crippen LogP contribution in [0.25, 0.3) is 17.1 Å². The Morgan fingerprint density at radius 2 is 1.62 bits per heavy atom. The van der Waals surface area contributed by atoms with Crippen molar-refractivity contribution in [1.29, 1.82) is 0 Å². The van der Waals surface area contributed by atoms with Crippen molar-refractivity contribution in [2.75, 3.05) is 0 Å². The second-order valence-electron chi connectivity index (χ2n) is 5.59. The van der Waals surface area contributed by atoms with Crippen molar-refractivity contribution in [3.05, 3.63) is 89.7 Å². The van der Waals surface area contributed by atoms with Gasteiger partial charge in [-0.15, -0.1) is 10.2 Å². The normalized spacial score (nSPS) is 10.8. The number of hydrogen-bond donors (Lipinski definition) is 0. The summed E-state index contributed by atoms with van der Waals surface area (Å²) in [4.78, 5) is 4.38. The Hall–Kier alpha value is -2.63. The summed E-state index contributed by atoms with van der Waals surface area (Å²) < 4.78 is 2.07. The van der Waals surface area contributed by atoms with E-state index in [1.807, 2.05) is 72.8 Å². The van der Waals surface area contributed by atoms with Crippen LogP contribution in [0.1, 0.15) is 5.69 Å². The minimum Gasteiger partial charge on any atom is -0.270 e. The molecule has 0 N–H and O–H groups in total. The Kier molecular flexibility index (Phi) is 5.00. The molecule has 0 aliphatic carbocycles. The van der Waals surface area contributed by atoms with Gasteiger partial charge in [-0.05, 0) is 48.5 Å². The van der Waals surface area contributed by atoms with Crippen LogP contribution in [0, 0.1) is 0 Å². The molecule has 0 atom stereocenters. The molecule has 0 amide bonds. The third-order valence-electron chi connectivity index (χ3n) is 3.83. The largest absolute Gasteiger partial charge is 0.270 e. The van der Waals surface area contributed by atoms with Gasteiger partial charge in [-0.1, -0.05) is 47.6 Å². The van der Waals surface area contributed by atoms with Crippen LogP contribution in [-0.2, 0) is 5.75 Å². The molecule has 2 aromatic carbocycles. The Morgan fingerprint density at radius 3 is 2.35 bits per heavy atom. The highest BCUT2D eigenvalue weighted by Gasteiger charge is 2.16. The number of aromatic nitrogens is 4. The van der Waals surface area contributed by atoms with E-state index in [1.165, 1.54) is 0 Å². The number of rotatable bonds is 5. The maximum Gasteiger partial charge on any atom is 0.196 e. The molecule has 4 rings (SSSR count). The molecule has 0 saturated carbocycles. The molecule has 0 unspecified atom stereocenters. The topological polar surface area (TPSA) is 43.6 Å². The molecule has 4 nitrogen and oxygen atoms in total. The summed E-state index contributed by atoms with van der Waals surface area (Å²) in [6.45, 7) is 0. The maximum atomic E-state index is 6.02. The average molecular weight is 379 g/mol. The number of para-hydroxylation sites is 1. The van der Waals surface area contributed by atoms with E-state index in [0.717, 1.165) is 33.7 Å². The molecule has 128 valence electrons. The Labute approximate surface area is 160 Å². The first-order valence-corrected chi connectivity index (χ1v) is 9.47. The molecular weight excluding hydrogens is 364 g/mol. The molecule has 0 saturated heterocycles. The Balaban J connectivity index is 1.73. The standard InChI is InChI=1S/C20H15ClN4S/c21-16-11-9-15(10-12-16)19-23-24-20(25(19)18-7-2-1-3-8-18)26-14-17-6-4-5-13-22-17/h1-13H,14H2. The third kappa shape index (κ3) is 3.64. The SMILES string of the molecule is Clc1ccc(-c2nnc(SCc3ccccn3)n2-c2ccccc2)cc1. The van der Waals surface area contributed by atoms with Crippen molar-refractivity contribution in [2.45, 2.75) is 10.9 Å². The first-order valence-electron chi connectivity index (χ1n) is 8.11. The fourth-order valence-electron chi connectivity index (χ4n) is 2.58. The van der Waals surface area contributed by atoms with E-state index >= 15 is 0 Å². The third-order valence-corrected chi connectivity index (χ3v) is 5.04. The molecular formula is C20H15ClN4S. The van der Waals surface area contributed by atoms with Gasteiger partial charge in [-0.3, -0.25) is 9.55 Å². The fraction of sp³-hybridized carbons (Fsp3) is 0.0500. The minimum absolute atomic E-state index is 0.698. The average Bonchev–Trinajstić information content (AvgIpc) is 3.12. The molecule has 0 aliphatic heterocycles. The number of pyridine rings is 1. The number of benzene rings is 2. The van der Waals surface area contributed by atoms with E-state index in [2.05, 4.69) is 19.7 Å². The number of hydrogen-bond acceptors (Lipinski definition) is 4. The first-order chi connectivity index (χ1) is 12.8. The van der Waals surface area contributed by atoms with Crippen LogP contribution in [-0.4, -0.2) is 19.7 Å². The van der Waals surface area contributed by atoms with Crippen LogP contribution >= 0.6 is 23.4 Å². The molecule has 0 fully saturated rings. The molecule has 0 radical (unpaired) electrons. The molecule has 0 aliphatic rings. The van der Waals surface area contributed by atoms with E-state index in [4.69, 9.17) is 11.6 Å². The summed E-state index contributed by atoms with van der Waals surface area (Å²) in [6.07, 6.45) is 1.80. The lowest BCUT2D eigenvalue weighted by Crippen LogP contribution is -1.99. The molecule has 2 aromatic heterocycles. The zero-order valence-corrected chi connectivity index (χ0v) is 15.4. The van der Waals surface area contributed by atoms with Crippen molar-refractivity contribution in [3.63, 3.8) is 0 Å². The van der Waals surface area contributed by atoms with Crippen LogP contribution in [0.4, 0.5) is 0 Å². The summed E-state index contributed by atoms with van der Waals surface area (Å²) in [5.41, 5.74) is 2.99. The lowest BCUT2D eigenvalue weighted by Gasteiger charge is -2.10. The van der Waals surface area contributed by atoms with Crippen molar-refractivity contribution >= 4 is 23.4 Å². The van der Waals surface area contributed by atoms with Crippen LogP contribution in [0.15, 0.2) is 84.1 Å². The quantitative estimate of drug-likeness (QED) is 0.443. The minimum atomic E-state index is 0.698. The van der Waals surface area contributed by atoms with Crippen molar-refractivity contribution in [2.24, 2.45) is 0 Å². The first kappa shape index (κ1) is 16.8. The van der Waals surface area contributed by atoms with Crippen molar-refractivity contribution in [3.8, 4) is 17.1 Å². The van der Waals surface area contributed by atoms with Gasteiger partial charge in [0.1, 0.15) is 0 Å². The second kappa shape index (κ2) is 7.72. The highest BCUT2D eigenvalue weighted by Crippen LogP contribution is 2.29. The van der Waals surface area contributed by atoms with E-state index in [1.54, 1.807) is 18.0 Å². The van der Waals surface area contributed by atoms with Gasteiger partial charge >= 0.3 is 0 Å². The van der Waals surface area contributed by atoms with E-state index in [-0.39, 0.29) is 0 Å². The van der Waals surface area contributed by atoms with Gasteiger partial charge in [-0.25, -0.2) is 0 Å². The second-order valence-corrected chi connectivity index (χ2v) is 6.97. The van der Waals surface area contributed by atoms with Gasteiger partial charge in [0.05, 0.1) is 5.69 Å². The van der Waals surface area contributed by atoms with E-state index in [9.17, 15) is 0 Å². The van der Waals surface area contributed by atoms with E-state index < -0.39 is 0 Å². The predicted octanol–water partition coefficient (Wildman–Crippen LogP) is 5.28. The highest BCUT2D eigenvalue weighted by molar-refractivity contribution is 7.98. The monoisotopic (exact) mass is 378 g/mol. The maximum absolute atomic E-state index is 6.02. The van der Waals surface area contributed by atoms with Crippen molar-refractivity contribution < 1.29 is 0 Å². The molecule has 2 heterocycles. The zero-order valence-electron chi connectivity index (χ0n) is 13.8. The Bertz CT molecular complexity index is 986. The molecule has 26 heavy (non-hydrogen) atoms. The Morgan fingerprint density at radius 1 is 0.846 bits per heavy atom. The predicted molar refractivity (Wildman–Crippen MR) is 106 cm³/mol. The van der Waals surface area contributed by atoms with Crippen LogP contribution in [0.5, 0.6) is 0 Å². The lowest BCUT2D eigenvalue weighted by atomic mass is 10.2. The highest BCUT2D eigenvalue weighted by atomic mass is 35.5. The molecule has 4 aromatic rings. The summed E-state index contributed by atoms with van der Waals surface area (Å²) in [5.74, 6) is 1.52. The fourth-order valence-corrected chi connectivity index (χ4v) is 3.57. The van der Waals surface area contributed by atoms with Crippen LogP contribution < -0.4 is 0 Å². The molecule has 0 bridgehead atoms. The van der Waals surface area contributed by atoms with Gasteiger partial charge in [0.15, 0.2) is 11.0 Å². The summed E-state index contributed by atoms with van der Waals surface area (Å²) in [6, 6.07) is 23.7.